The number of ketones is 2. The van der Waals surface area contributed by atoms with Gasteiger partial charge in [0, 0.05) is 94.8 Å². The molecule has 3 aliphatic rings. The minimum atomic E-state index is -1.18. The van der Waals surface area contributed by atoms with Crippen LogP contribution in [0.2, 0.25) is 5.02 Å². The smallest absolute Gasteiger partial charge is 0.333 e. The largest absolute Gasteiger partial charge is 0.460 e. The summed E-state index contributed by atoms with van der Waals surface area (Å²) < 4.78 is 33.9. The number of amides is 7. The number of halogens is 1. The average molecular weight is 1310 g/mol. The minimum absolute atomic E-state index is 0.00604. The molecule has 2 fully saturated rings. The molecule has 0 bridgehead atoms. The second-order valence-electron chi connectivity index (χ2n) is 25.1. The van der Waals surface area contributed by atoms with Crippen LogP contribution in [0.3, 0.4) is 0 Å². The number of nitrogens with one attached hydrogen (secondary N) is 5. The van der Waals surface area contributed by atoms with Crippen molar-refractivity contribution in [3.63, 3.8) is 0 Å². The molecule has 0 radical (unpaired) electrons. The highest BCUT2D eigenvalue weighted by atomic mass is 35.5. The summed E-state index contributed by atoms with van der Waals surface area (Å²) in [7, 11) is 1.59. The Bertz CT molecular complexity index is 2870. The number of hydroxylamine groups is 2. The van der Waals surface area contributed by atoms with Gasteiger partial charge in [0.15, 0.2) is 5.78 Å². The molecule has 25 heteroatoms. The van der Waals surface area contributed by atoms with E-state index in [4.69, 9.17) is 44.9 Å². The van der Waals surface area contributed by atoms with E-state index < -0.39 is 113 Å². The van der Waals surface area contributed by atoms with E-state index in [1.165, 1.54) is 6.08 Å². The lowest BCUT2D eigenvalue weighted by molar-refractivity contribution is -0.197. The summed E-state index contributed by atoms with van der Waals surface area (Å²) in [6, 6.07) is 9.88. The fourth-order valence-electron chi connectivity index (χ4n) is 10.4. The predicted octanol–water partition coefficient (Wildman–Crippen LogP) is 5.58. The zero-order valence-electron chi connectivity index (χ0n) is 54.7. The van der Waals surface area contributed by atoms with Crippen molar-refractivity contribution in [1.82, 2.24) is 31.6 Å². The van der Waals surface area contributed by atoms with Crippen LogP contribution in [0.5, 0.6) is 0 Å². The van der Waals surface area contributed by atoms with Crippen LogP contribution < -0.4 is 26.6 Å². The zero-order valence-corrected chi connectivity index (χ0v) is 55.5. The Labute approximate surface area is 544 Å². The lowest BCUT2D eigenvalue weighted by Gasteiger charge is -2.30. The van der Waals surface area contributed by atoms with Gasteiger partial charge in [0.2, 0.25) is 29.5 Å². The molecule has 5 N–H and O–H groups in total. The molecule has 0 spiro atoms. The summed E-state index contributed by atoms with van der Waals surface area (Å²) in [4.78, 5) is 151. The topological polar surface area (TPSA) is 319 Å². The number of aryl methyl sites for hydroxylation is 2. The second-order valence-corrected chi connectivity index (χ2v) is 25.5. The monoisotopic (exact) mass is 1310 g/mol. The Morgan fingerprint density at radius 2 is 1.42 bits per heavy atom. The lowest BCUT2D eigenvalue weighted by atomic mass is 9.85. The van der Waals surface area contributed by atoms with Crippen LogP contribution in [0.15, 0.2) is 54.6 Å². The summed E-state index contributed by atoms with van der Waals surface area (Å²) in [6.45, 7) is 17.1. The Kier molecular flexibility index (Phi) is 31.5. The van der Waals surface area contributed by atoms with E-state index in [1.807, 2.05) is 64.1 Å². The number of methoxy groups -OCH3 is 1. The number of imide groups is 1. The average Bonchev–Trinajstić information content (AvgIpc) is 1.71. The Morgan fingerprint density at radius 3 is 2.07 bits per heavy atom. The third-order valence-electron chi connectivity index (χ3n) is 16.1. The van der Waals surface area contributed by atoms with Gasteiger partial charge in [0.1, 0.15) is 30.1 Å². The van der Waals surface area contributed by atoms with Crippen molar-refractivity contribution in [1.29, 1.82) is 0 Å². The Balaban J connectivity index is 1.23. The molecule has 3 aliphatic heterocycles. The molecular formula is C67H95ClN6O18. The summed E-state index contributed by atoms with van der Waals surface area (Å²) >= 11 is 6.42. The van der Waals surface area contributed by atoms with Gasteiger partial charge in [-0.1, -0.05) is 88.7 Å². The summed E-state index contributed by atoms with van der Waals surface area (Å²) in [5.41, 5.74) is 2.02. The van der Waals surface area contributed by atoms with Gasteiger partial charge in [0.25, 0.3) is 11.8 Å². The molecule has 3 heterocycles. The summed E-state index contributed by atoms with van der Waals surface area (Å²) in [6.07, 6.45) is 1.22. The number of carbonyl (C=O) groups is 11. The molecule has 508 valence electrons. The molecular weight excluding hydrogens is 1210 g/mol. The van der Waals surface area contributed by atoms with Crippen LogP contribution in [0.25, 0.3) is 0 Å². The van der Waals surface area contributed by atoms with Gasteiger partial charge in [0.05, 0.1) is 63.8 Å². The standard InChI is InChI=1S/C67H95ClN6O18/c1-41(2)36-51-65(84)90-54(12-10-13-56(78)71-50(38-46-17-16-43(5)49(68)37-46)64(83)70-40-67(7,8)66(85)72-51)44(6)62-63(91-62)47-21-18-45(19-22-47)20-24-52(75)48(23-25-55(77)69-28-29-87-32-33-89-35-34-88-31-30-86-9)39-53(76)61(42(3)4)73-57(79)14-11-15-60(82)92-74-58(80)26-27-59(74)81/h10,13,16-19,21-22,37,41-42,44,48,50-51,54,61-63H,11-12,14-15,20,23-36,38-40H2,1-9H3,(H,69,77)(H,70,83)(H,71,78)(H,72,85)(H,73,79)/b13-10+/t44-,48+,50+,51-,54-,61-,62+,63+/m0/s1. The van der Waals surface area contributed by atoms with Crippen molar-refractivity contribution in [3.8, 4) is 0 Å². The normalized spacial score (nSPS) is 21.0. The maximum absolute atomic E-state index is 14.2. The van der Waals surface area contributed by atoms with Crippen LogP contribution >= 0.6 is 11.6 Å². The Morgan fingerprint density at radius 1 is 0.772 bits per heavy atom. The lowest BCUT2D eigenvalue weighted by Crippen LogP contribution is -2.54. The molecule has 0 aliphatic carbocycles. The molecule has 0 aromatic heterocycles. The molecule has 0 saturated carbocycles. The first-order valence-corrected chi connectivity index (χ1v) is 32.3. The fraction of sp³-hybridized carbons (Fsp3) is 0.627. The predicted molar refractivity (Wildman–Crippen MR) is 338 cm³/mol. The van der Waals surface area contributed by atoms with Crippen molar-refractivity contribution in [2.45, 2.75) is 175 Å². The number of benzene rings is 2. The molecule has 2 aromatic carbocycles. The van der Waals surface area contributed by atoms with Crippen molar-refractivity contribution in [2.24, 2.45) is 29.1 Å². The van der Waals surface area contributed by atoms with Gasteiger partial charge in [-0.3, -0.25) is 43.2 Å². The van der Waals surface area contributed by atoms with E-state index in [2.05, 4.69) is 26.6 Å². The maximum atomic E-state index is 14.2. The van der Waals surface area contributed by atoms with Gasteiger partial charge in [-0.25, -0.2) is 9.59 Å². The molecule has 8 atom stereocenters. The van der Waals surface area contributed by atoms with Crippen LogP contribution in [0.4, 0.5) is 0 Å². The van der Waals surface area contributed by atoms with Crippen molar-refractivity contribution in [2.75, 3.05) is 66.4 Å². The number of cyclic esters (lactones) is 1. The molecule has 0 unspecified atom stereocenters. The third-order valence-corrected chi connectivity index (χ3v) is 16.5. The first-order valence-electron chi connectivity index (χ1n) is 31.9. The van der Waals surface area contributed by atoms with Crippen molar-refractivity contribution < 1.29 is 86.0 Å². The van der Waals surface area contributed by atoms with Crippen LogP contribution in [-0.4, -0.2) is 167 Å². The van der Waals surface area contributed by atoms with E-state index in [0.717, 1.165) is 16.7 Å². The zero-order chi connectivity index (χ0) is 67.5. The highest BCUT2D eigenvalue weighted by Gasteiger charge is 2.48. The van der Waals surface area contributed by atoms with E-state index in [9.17, 15) is 52.7 Å². The van der Waals surface area contributed by atoms with E-state index in [1.54, 1.807) is 46.9 Å². The number of epoxide rings is 1. The van der Waals surface area contributed by atoms with Crippen LogP contribution in [-0.2, 0) is 98.8 Å². The highest BCUT2D eigenvalue weighted by molar-refractivity contribution is 6.31. The van der Waals surface area contributed by atoms with Crippen LogP contribution in [0.1, 0.15) is 147 Å². The molecule has 2 aromatic rings. The van der Waals surface area contributed by atoms with Gasteiger partial charge in [-0.05, 0) is 92.7 Å². The number of carbonyl (C=O) groups excluding carboxylic acids is 11. The first kappa shape index (κ1) is 75.8. The van der Waals surface area contributed by atoms with Gasteiger partial charge < -0.3 is 59.8 Å². The first-order chi connectivity index (χ1) is 43.8. The number of hydrogen-bond donors (Lipinski definition) is 5. The number of esters is 1. The minimum Gasteiger partial charge on any atom is -0.460 e. The number of hydrogen-bond acceptors (Lipinski definition) is 18. The maximum Gasteiger partial charge on any atom is 0.333 e. The Hall–Kier alpha value is -6.96. The second kappa shape index (κ2) is 38.3. The van der Waals surface area contributed by atoms with Gasteiger partial charge in [-0.2, -0.15) is 0 Å². The number of rotatable bonds is 36. The molecule has 7 amide bonds. The van der Waals surface area contributed by atoms with E-state index in [0.29, 0.717) is 61.7 Å². The molecule has 2 saturated heterocycles. The van der Waals surface area contributed by atoms with Crippen LogP contribution in [0, 0.1) is 36.0 Å². The van der Waals surface area contributed by atoms with E-state index in [-0.39, 0.29) is 114 Å². The number of ether oxygens (including phenoxy) is 6. The quantitative estimate of drug-likeness (QED) is 0.0240. The fourth-order valence-corrected chi connectivity index (χ4v) is 10.6. The van der Waals surface area contributed by atoms with E-state index >= 15 is 0 Å². The van der Waals surface area contributed by atoms with Gasteiger partial charge in [-0.15, -0.1) is 5.06 Å². The third kappa shape index (κ3) is 25.9. The number of Topliss-reactive ketones (excluding diaryl/α,β-unsaturated/α-hetero) is 2. The van der Waals surface area contributed by atoms with Gasteiger partial charge >= 0.3 is 11.9 Å². The molecule has 24 nitrogen and oxygen atoms in total. The highest BCUT2D eigenvalue weighted by Crippen LogP contribution is 2.45. The summed E-state index contributed by atoms with van der Waals surface area (Å²) in [5, 5.41) is 15.0. The van der Waals surface area contributed by atoms with Crippen molar-refractivity contribution >= 4 is 76.5 Å². The van der Waals surface area contributed by atoms with Crippen molar-refractivity contribution in [3.05, 3.63) is 81.9 Å². The molecule has 5 rings (SSSR count). The SMILES string of the molecule is COCCOCCOCCOCCNC(=O)CC[C@H](CC(=O)[C@@H](NC(=O)CCCC(=O)ON1C(=O)CCC1=O)C(C)C)C(=O)CCc1ccc([C@H]2O[C@@H]2[C@@H](C)[C@@H]2C/C=C/C(=O)N[C@H](Cc3ccc(C)c(Cl)c3)C(=O)NCC(C)(C)C(=O)N[C@@H](CC(C)C)C(=O)O2)cc1. The molecule has 92 heavy (non-hydrogen) atoms. The summed E-state index contributed by atoms with van der Waals surface area (Å²) in [5.74, 6) is -7.55. The number of nitrogens with zero attached hydrogens (tertiary/aromatic N) is 1.